The fraction of sp³-hybridized carbons (Fsp3) is 0.538. The Morgan fingerprint density at radius 1 is 1.42 bits per heavy atom. The molecule has 0 saturated carbocycles. The maximum absolute atomic E-state index is 11.7. The zero-order valence-corrected chi connectivity index (χ0v) is 12.4. The number of amides is 1. The highest BCUT2D eigenvalue weighted by molar-refractivity contribution is 5.85. The van der Waals surface area contributed by atoms with Crippen molar-refractivity contribution in [3.05, 3.63) is 30.1 Å². The highest BCUT2D eigenvalue weighted by Crippen LogP contribution is 2.03. The molecule has 4 nitrogen and oxygen atoms in total. The summed E-state index contributed by atoms with van der Waals surface area (Å²) in [7, 11) is 0. The van der Waals surface area contributed by atoms with E-state index in [9.17, 15) is 4.79 Å². The average Bonchev–Trinajstić information content (AvgIpc) is 2.39. The summed E-state index contributed by atoms with van der Waals surface area (Å²) < 4.78 is 0. The number of rotatable bonds is 4. The molecule has 19 heavy (non-hydrogen) atoms. The number of carbonyl (C=O) groups excluding carboxylic acids is 1. The first kappa shape index (κ1) is 18.2. The van der Waals surface area contributed by atoms with Gasteiger partial charge in [-0.2, -0.15) is 0 Å². The van der Waals surface area contributed by atoms with Crippen LogP contribution >= 0.6 is 24.8 Å². The molecule has 1 amide bonds. The Hall–Kier alpha value is -0.840. The van der Waals surface area contributed by atoms with Gasteiger partial charge in [0.05, 0.1) is 0 Å². The molecule has 1 aromatic rings. The van der Waals surface area contributed by atoms with Crippen LogP contribution in [-0.4, -0.2) is 30.0 Å². The minimum Gasteiger partial charge on any atom is -0.352 e. The number of nitrogens with zero attached hydrogens (tertiary/aromatic N) is 1. The van der Waals surface area contributed by atoms with Gasteiger partial charge in [0, 0.05) is 30.9 Å². The van der Waals surface area contributed by atoms with Crippen molar-refractivity contribution in [2.45, 2.75) is 31.7 Å². The SMILES string of the molecule is Cl.Cl.O=C(CCc1ccccn1)NC1CCCNC1. The van der Waals surface area contributed by atoms with E-state index in [4.69, 9.17) is 0 Å². The van der Waals surface area contributed by atoms with Crippen molar-refractivity contribution in [3.8, 4) is 0 Å². The summed E-state index contributed by atoms with van der Waals surface area (Å²) in [5.41, 5.74) is 0.976. The lowest BCUT2D eigenvalue weighted by Crippen LogP contribution is -2.45. The number of carbonyl (C=O) groups is 1. The molecule has 1 aromatic heterocycles. The van der Waals surface area contributed by atoms with Gasteiger partial charge in [-0.1, -0.05) is 6.07 Å². The second-order valence-corrected chi connectivity index (χ2v) is 4.43. The zero-order chi connectivity index (χ0) is 11.9. The molecule has 1 unspecified atom stereocenters. The molecule has 0 spiro atoms. The fourth-order valence-electron chi connectivity index (χ4n) is 2.06. The van der Waals surface area contributed by atoms with E-state index in [1.807, 2.05) is 18.2 Å². The lowest BCUT2D eigenvalue weighted by Gasteiger charge is -2.23. The fourth-order valence-corrected chi connectivity index (χ4v) is 2.06. The normalized spacial score (nSPS) is 17.8. The number of nitrogens with one attached hydrogen (secondary N) is 2. The molecule has 1 fully saturated rings. The third-order valence-electron chi connectivity index (χ3n) is 3.00. The standard InChI is InChI=1S/C13H19N3O.2ClH/c17-13(16-12-5-3-8-14-10-12)7-6-11-4-1-2-9-15-11;;/h1-2,4,9,12,14H,3,5-8,10H2,(H,16,17);2*1H. The summed E-state index contributed by atoms with van der Waals surface area (Å²) in [6, 6.07) is 6.10. The molecule has 2 heterocycles. The van der Waals surface area contributed by atoms with Crippen LogP contribution in [0.15, 0.2) is 24.4 Å². The molecule has 1 saturated heterocycles. The van der Waals surface area contributed by atoms with Gasteiger partial charge in [-0.3, -0.25) is 9.78 Å². The molecule has 1 aliphatic rings. The molecule has 2 N–H and O–H groups in total. The lowest BCUT2D eigenvalue weighted by molar-refractivity contribution is -0.121. The first-order chi connectivity index (χ1) is 8.34. The van der Waals surface area contributed by atoms with Crippen molar-refractivity contribution in [1.82, 2.24) is 15.6 Å². The molecule has 1 atom stereocenters. The van der Waals surface area contributed by atoms with Crippen LogP contribution in [0.5, 0.6) is 0 Å². The van der Waals surface area contributed by atoms with Crippen molar-refractivity contribution < 1.29 is 4.79 Å². The van der Waals surface area contributed by atoms with Crippen molar-refractivity contribution in [1.29, 1.82) is 0 Å². The Morgan fingerprint density at radius 2 is 2.26 bits per heavy atom. The maximum atomic E-state index is 11.7. The average molecular weight is 306 g/mol. The number of hydrogen-bond acceptors (Lipinski definition) is 3. The number of aryl methyl sites for hydroxylation is 1. The predicted molar refractivity (Wildman–Crippen MR) is 81.1 cm³/mol. The van der Waals surface area contributed by atoms with Gasteiger partial charge in [-0.05, 0) is 37.9 Å². The van der Waals surface area contributed by atoms with Gasteiger partial charge in [0.25, 0.3) is 0 Å². The van der Waals surface area contributed by atoms with Gasteiger partial charge in [-0.25, -0.2) is 0 Å². The summed E-state index contributed by atoms with van der Waals surface area (Å²) in [6.45, 7) is 1.97. The molecule has 2 rings (SSSR count). The highest BCUT2D eigenvalue weighted by atomic mass is 35.5. The van der Waals surface area contributed by atoms with Crippen LogP contribution in [0, 0.1) is 0 Å². The molecular formula is C13H21Cl2N3O. The predicted octanol–water partition coefficient (Wildman–Crippen LogP) is 1.73. The summed E-state index contributed by atoms with van der Waals surface area (Å²) >= 11 is 0. The molecular weight excluding hydrogens is 285 g/mol. The van der Waals surface area contributed by atoms with E-state index in [2.05, 4.69) is 15.6 Å². The second kappa shape index (κ2) is 10.0. The Balaban J connectivity index is 0.00000162. The van der Waals surface area contributed by atoms with Crippen LogP contribution in [0.4, 0.5) is 0 Å². The van der Waals surface area contributed by atoms with Crippen LogP contribution < -0.4 is 10.6 Å². The monoisotopic (exact) mass is 305 g/mol. The van der Waals surface area contributed by atoms with E-state index < -0.39 is 0 Å². The number of halogens is 2. The molecule has 108 valence electrons. The summed E-state index contributed by atoms with van der Waals surface area (Å²) in [5.74, 6) is 0.129. The smallest absolute Gasteiger partial charge is 0.220 e. The molecule has 6 heteroatoms. The van der Waals surface area contributed by atoms with Crippen LogP contribution in [0.2, 0.25) is 0 Å². The van der Waals surface area contributed by atoms with E-state index in [0.29, 0.717) is 18.9 Å². The second-order valence-electron chi connectivity index (χ2n) is 4.43. The molecule has 0 aromatic carbocycles. The van der Waals surface area contributed by atoms with E-state index >= 15 is 0 Å². The first-order valence-electron chi connectivity index (χ1n) is 6.24. The maximum Gasteiger partial charge on any atom is 0.220 e. The molecule has 1 aliphatic heterocycles. The molecule has 0 aliphatic carbocycles. The van der Waals surface area contributed by atoms with Crippen molar-refractivity contribution in [3.63, 3.8) is 0 Å². The van der Waals surface area contributed by atoms with Gasteiger partial charge in [0.15, 0.2) is 0 Å². The van der Waals surface area contributed by atoms with Crippen LogP contribution in [-0.2, 0) is 11.2 Å². The summed E-state index contributed by atoms with van der Waals surface area (Å²) in [4.78, 5) is 15.9. The van der Waals surface area contributed by atoms with E-state index in [-0.39, 0.29) is 30.7 Å². The Bertz CT molecular complexity index is 356. The van der Waals surface area contributed by atoms with E-state index in [1.165, 1.54) is 0 Å². The largest absolute Gasteiger partial charge is 0.352 e. The van der Waals surface area contributed by atoms with Crippen molar-refractivity contribution in [2.24, 2.45) is 0 Å². The Morgan fingerprint density at radius 3 is 2.89 bits per heavy atom. The van der Waals surface area contributed by atoms with Crippen molar-refractivity contribution >= 4 is 30.7 Å². The third kappa shape index (κ3) is 6.76. The highest BCUT2D eigenvalue weighted by Gasteiger charge is 2.14. The quantitative estimate of drug-likeness (QED) is 0.891. The lowest BCUT2D eigenvalue weighted by atomic mass is 10.1. The minimum absolute atomic E-state index is 0. The van der Waals surface area contributed by atoms with Gasteiger partial charge < -0.3 is 10.6 Å². The van der Waals surface area contributed by atoms with Gasteiger partial charge in [0.1, 0.15) is 0 Å². The van der Waals surface area contributed by atoms with Crippen LogP contribution in [0.25, 0.3) is 0 Å². The number of pyridine rings is 1. The first-order valence-corrected chi connectivity index (χ1v) is 6.24. The van der Waals surface area contributed by atoms with Crippen LogP contribution in [0.1, 0.15) is 25.0 Å². The summed E-state index contributed by atoms with van der Waals surface area (Å²) in [5, 5.41) is 6.35. The summed E-state index contributed by atoms with van der Waals surface area (Å²) in [6.07, 6.45) is 5.23. The number of aromatic nitrogens is 1. The third-order valence-corrected chi connectivity index (χ3v) is 3.00. The number of hydrogen-bond donors (Lipinski definition) is 2. The zero-order valence-electron chi connectivity index (χ0n) is 10.8. The van der Waals surface area contributed by atoms with Gasteiger partial charge in [0.2, 0.25) is 5.91 Å². The Kier molecular flexibility index (Phi) is 9.57. The minimum atomic E-state index is 0. The topological polar surface area (TPSA) is 54.0 Å². The molecule has 0 radical (unpaired) electrons. The Labute approximate surface area is 126 Å². The number of piperidine rings is 1. The van der Waals surface area contributed by atoms with Crippen molar-refractivity contribution in [2.75, 3.05) is 13.1 Å². The van der Waals surface area contributed by atoms with Crippen LogP contribution in [0.3, 0.4) is 0 Å². The molecule has 0 bridgehead atoms. The van der Waals surface area contributed by atoms with Gasteiger partial charge >= 0.3 is 0 Å². The van der Waals surface area contributed by atoms with E-state index in [1.54, 1.807) is 6.20 Å². The van der Waals surface area contributed by atoms with Gasteiger partial charge in [-0.15, -0.1) is 24.8 Å². The van der Waals surface area contributed by atoms with E-state index in [0.717, 1.165) is 31.6 Å².